The number of hydrogen-bond donors (Lipinski definition) is 2. The average Bonchev–Trinajstić information content (AvgIpc) is 3.13. The first-order chi connectivity index (χ1) is 10.6. The van der Waals surface area contributed by atoms with Crippen LogP contribution >= 0.6 is 0 Å². The van der Waals surface area contributed by atoms with E-state index in [1.54, 1.807) is 12.5 Å². The van der Waals surface area contributed by atoms with Crippen molar-refractivity contribution in [1.82, 2.24) is 14.5 Å². The number of hydrogen-bond acceptors (Lipinski definition) is 4. The Hall–Kier alpha value is -1.40. The number of piperidine rings is 1. The first-order valence-corrected chi connectivity index (χ1v) is 8.17. The molecule has 0 radical (unpaired) electrons. The maximum atomic E-state index is 12.9. The van der Waals surface area contributed by atoms with Gasteiger partial charge in [-0.3, -0.25) is 4.79 Å². The quantitative estimate of drug-likeness (QED) is 0.847. The molecule has 3 fully saturated rings. The molecule has 0 unspecified atom stereocenters. The zero-order valence-electron chi connectivity index (χ0n) is 12.7. The molecule has 2 heterocycles. The van der Waals surface area contributed by atoms with Crippen molar-refractivity contribution in [2.75, 3.05) is 13.1 Å². The first kappa shape index (κ1) is 14.2. The average molecular weight is 305 g/mol. The number of aromatic nitrogens is 2. The van der Waals surface area contributed by atoms with Crippen molar-refractivity contribution in [3.05, 3.63) is 18.7 Å². The van der Waals surface area contributed by atoms with Gasteiger partial charge in [0.2, 0.25) is 5.91 Å². The molecule has 2 N–H and O–H groups in total. The van der Waals surface area contributed by atoms with Gasteiger partial charge in [0, 0.05) is 43.9 Å². The molecule has 1 aromatic rings. The lowest BCUT2D eigenvalue weighted by Gasteiger charge is -2.55. The summed E-state index contributed by atoms with van der Waals surface area (Å²) in [6, 6.07) is 0. The Labute approximate surface area is 129 Å². The minimum absolute atomic E-state index is 0.236. The molecule has 6 heteroatoms. The van der Waals surface area contributed by atoms with Gasteiger partial charge in [0.1, 0.15) is 0 Å². The number of rotatable bonds is 3. The van der Waals surface area contributed by atoms with Crippen molar-refractivity contribution in [3.63, 3.8) is 0 Å². The predicted molar refractivity (Wildman–Crippen MR) is 78.8 cm³/mol. The Morgan fingerprint density at radius 2 is 1.86 bits per heavy atom. The van der Waals surface area contributed by atoms with Crippen LogP contribution in [-0.4, -0.2) is 55.9 Å². The molecule has 1 aliphatic heterocycles. The summed E-state index contributed by atoms with van der Waals surface area (Å²) < 4.78 is 1.98. The van der Waals surface area contributed by atoms with Crippen LogP contribution in [0.4, 0.5) is 0 Å². The summed E-state index contributed by atoms with van der Waals surface area (Å²) in [5.41, 5.74) is -0.597. The highest BCUT2D eigenvalue weighted by Crippen LogP contribution is 2.52. The molecule has 22 heavy (non-hydrogen) atoms. The van der Waals surface area contributed by atoms with Gasteiger partial charge in [-0.25, -0.2) is 4.98 Å². The molecule has 1 saturated heterocycles. The van der Waals surface area contributed by atoms with Crippen LogP contribution in [0.2, 0.25) is 0 Å². The maximum Gasteiger partial charge on any atom is 0.230 e. The lowest BCUT2D eigenvalue weighted by molar-refractivity contribution is -0.192. The third-order valence-electron chi connectivity index (χ3n) is 6.11. The van der Waals surface area contributed by atoms with Gasteiger partial charge in [-0.2, -0.15) is 0 Å². The molecule has 3 aliphatic rings. The largest absolute Gasteiger partial charge is 0.392 e. The van der Waals surface area contributed by atoms with E-state index in [1.807, 2.05) is 15.7 Å². The maximum absolute atomic E-state index is 12.9. The first-order valence-electron chi connectivity index (χ1n) is 8.17. The van der Waals surface area contributed by atoms with Gasteiger partial charge >= 0.3 is 0 Å². The molecule has 4 rings (SSSR count). The molecule has 2 saturated carbocycles. The minimum Gasteiger partial charge on any atom is -0.392 e. The number of carbonyl (C=O) groups is 1. The Kier molecular flexibility index (Phi) is 3.10. The van der Waals surface area contributed by atoms with E-state index in [2.05, 4.69) is 4.98 Å². The Bertz CT molecular complexity index is 549. The third-order valence-corrected chi connectivity index (χ3v) is 6.11. The third kappa shape index (κ3) is 2.01. The van der Waals surface area contributed by atoms with Crippen LogP contribution in [0.5, 0.6) is 0 Å². The minimum atomic E-state index is -0.402. The fourth-order valence-corrected chi connectivity index (χ4v) is 4.19. The fraction of sp³-hybridized carbons (Fsp3) is 0.750. The lowest BCUT2D eigenvalue weighted by Crippen LogP contribution is -2.62. The van der Waals surface area contributed by atoms with E-state index in [-0.39, 0.29) is 16.7 Å². The summed E-state index contributed by atoms with van der Waals surface area (Å²) in [4.78, 5) is 18.8. The Morgan fingerprint density at radius 1 is 1.18 bits per heavy atom. The van der Waals surface area contributed by atoms with Gasteiger partial charge in [-0.15, -0.1) is 0 Å². The summed E-state index contributed by atoms with van der Waals surface area (Å²) >= 11 is 0. The summed E-state index contributed by atoms with van der Waals surface area (Å²) in [5, 5.41) is 20.0. The van der Waals surface area contributed by atoms with Gasteiger partial charge in [-0.05, 0) is 25.7 Å². The number of likely N-dealkylation sites (tertiary alicyclic amines) is 1. The number of imidazole rings is 1. The zero-order valence-corrected chi connectivity index (χ0v) is 12.7. The van der Waals surface area contributed by atoms with Crippen molar-refractivity contribution >= 4 is 5.91 Å². The van der Waals surface area contributed by atoms with Gasteiger partial charge < -0.3 is 19.7 Å². The van der Waals surface area contributed by atoms with E-state index in [4.69, 9.17) is 0 Å². The number of nitrogens with zero attached hydrogens (tertiary/aromatic N) is 3. The highest BCUT2D eigenvalue weighted by atomic mass is 16.3. The van der Waals surface area contributed by atoms with Gasteiger partial charge in [0.05, 0.1) is 24.0 Å². The molecule has 1 aromatic heterocycles. The smallest absolute Gasteiger partial charge is 0.230 e. The van der Waals surface area contributed by atoms with E-state index < -0.39 is 12.2 Å². The summed E-state index contributed by atoms with van der Waals surface area (Å²) in [5.74, 6) is 0.236. The normalized spacial score (nSPS) is 31.8. The van der Waals surface area contributed by atoms with Crippen LogP contribution in [0.25, 0.3) is 0 Å². The fourth-order valence-electron chi connectivity index (χ4n) is 4.19. The van der Waals surface area contributed by atoms with E-state index in [1.165, 1.54) is 0 Å². The molecule has 0 aromatic carbocycles. The zero-order chi connectivity index (χ0) is 15.4. The van der Waals surface area contributed by atoms with Crippen LogP contribution in [-0.2, 0) is 11.3 Å². The molecule has 6 nitrogen and oxygen atoms in total. The molecular weight excluding hydrogens is 282 g/mol. The highest BCUT2D eigenvalue weighted by molar-refractivity contribution is 5.85. The van der Waals surface area contributed by atoms with Crippen molar-refractivity contribution in [3.8, 4) is 0 Å². The molecule has 2 atom stereocenters. The summed E-state index contributed by atoms with van der Waals surface area (Å²) in [7, 11) is 0. The monoisotopic (exact) mass is 305 g/mol. The van der Waals surface area contributed by atoms with Crippen LogP contribution in [0.1, 0.15) is 32.1 Å². The van der Waals surface area contributed by atoms with Crippen molar-refractivity contribution in [2.24, 2.45) is 10.8 Å². The molecule has 0 bridgehead atoms. The van der Waals surface area contributed by atoms with Crippen LogP contribution in [0.3, 0.4) is 0 Å². The number of aliphatic hydroxyl groups excluding tert-OH is 2. The van der Waals surface area contributed by atoms with Crippen molar-refractivity contribution in [1.29, 1.82) is 0 Å². The Morgan fingerprint density at radius 3 is 2.36 bits per heavy atom. The molecular formula is C16H23N3O3. The van der Waals surface area contributed by atoms with Crippen LogP contribution < -0.4 is 0 Å². The van der Waals surface area contributed by atoms with Gasteiger partial charge in [0.25, 0.3) is 0 Å². The summed E-state index contributed by atoms with van der Waals surface area (Å²) in [6.45, 7) is 2.01. The lowest BCUT2D eigenvalue weighted by atomic mass is 9.58. The molecule has 1 spiro atoms. The van der Waals surface area contributed by atoms with E-state index in [9.17, 15) is 15.0 Å². The second-order valence-electron chi connectivity index (χ2n) is 7.31. The van der Waals surface area contributed by atoms with E-state index in [0.29, 0.717) is 38.9 Å². The number of amides is 1. The van der Waals surface area contributed by atoms with Gasteiger partial charge in [-0.1, -0.05) is 0 Å². The second-order valence-corrected chi connectivity index (χ2v) is 7.31. The van der Waals surface area contributed by atoms with Crippen LogP contribution in [0, 0.1) is 10.8 Å². The topological polar surface area (TPSA) is 78.6 Å². The molecule has 2 aliphatic carbocycles. The number of aliphatic hydroxyl groups is 2. The van der Waals surface area contributed by atoms with Crippen LogP contribution in [0.15, 0.2) is 18.7 Å². The molecule has 120 valence electrons. The van der Waals surface area contributed by atoms with Crippen molar-refractivity contribution < 1.29 is 15.0 Å². The summed E-state index contributed by atoms with van der Waals surface area (Å²) in [6.07, 6.45) is 8.39. The molecule has 1 amide bonds. The SMILES string of the molecule is O=C(N1CCC2(CC1)[C@H](O)C[C@@H]2O)C1(Cn2ccnc2)CC1. The standard InChI is InChI=1S/C16H23N3O3/c20-12-9-13(21)16(12)3-6-19(7-4-16)14(22)15(1-2-15)10-18-8-5-17-11-18/h5,8,11-13,20-21H,1-4,6-7,9-10H2/t12-,13+. The predicted octanol–water partition coefficient (Wildman–Crippen LogP) is 0.398. The second kappa shape index (κ2) is 4.80. The highest BCUT2D eigenvalue weighted by Gasteiger charge is 2.57. The Balaban J connectivity index is 1.40. The number of carbonyl (C=O) groups excluding carboxylic acids is 1. The van der Waals surface area contributed by atoms with Crippen molar-refractivity contribution in [2.45, 2.75) is 50.9 Å². The van der Waals surface area contributed by atoms with E-state index in [0.717, 1.165) is 12.8 Å². The van der Waals surface area contributed by atoms with E-state index >= 15 is 0 Å². The van der Waals surface area contributed by atoms with Gasteiger partial charge in [0.15, 0.2) is 0 Å².